The summed E-state index contributed by atoms with van der Waals surface area (Å²) in [6.45, 7) is 2.31. The third kappa shape index (κ3) is 3.30. The second-order valence-electron chi connectivity index (χ2n) is 5.04. The van der Waals surface area contributed by atoms with E-state index in [1.54, 1.807) is 0 Å². The summed E-state index contributed by atoms with van der Waals surface area (Å²) in [5.74, 6) is 1.39. The minimum Gasteiger partial charge on any atom is -0.122 e. The first-order valence-corrected chi connectivity index (χ1v) is 7.35. The number of halogens is 3. The Kier molecular flexibility index (Phi) is 4.63. The lowest BCUT2D eigenvalue weighted by Crippen LogP contribution is -2.19. The predicted molar refractivity (Wildman–Crippen MR) is 76.3 cm³/mol. The third-order valence-electron chi connectivity index (χ3n) is 3.81. The van der Waals surface area contributed by atoms with Crippen LogP contribution in [-0.4, -0.2) is 5.38 Å². The highest BCUT2D eigenvalue weighted by molar-refractivity contribution is 6.42. The summed E-state index contributed by atoms with van der Waals surface area (Å²) in [7, 11) is 0. The number of benzene rings is 1. The molecule has 94 valence electrons. The summed E-state index contributed by atoms with van der Waals surface area (Å²) in [5.41, 5.74) is 1.18. The van der Waals surface area contributed by atoms with E-state index in [0.717, 1.165) is 12.3 Å². The molecule has 0 aliphatic heterocycles. The van der Waals surface area contributed by atoms with Crippen LogP contribution in [0.3, 0.4) is 0 Å². The van der Waals surface area contributed by atoms with E-state index in [2.05, 4.69) is 6.92 Å². The molecule has 0 spiro atoms. The first kappa shape index (κ1) is 13.5. The van der Waals surface area contributed by atoms with Gasteiger partial charge < -0.3 is 0 Å². The Morgan fingerprint density at radius 2 is 2.00 bits per heavy atom. The van der Waals surface area contributed by atoms with Gasteiger partial charge in [-0.3, -0.25) is 0 Å². The molecule has 1 fully saturated rings. The Labute approximate surface area is 118 Å². The highest BCUT2D eigenvalue weighted by atomic mass is 35.5. The van der Waals surface area contributed by atoms with Crippen LogP contribution >= 0.6 is 34.8 Å². The molecule has 1 saturated carbocycles. The quantitative estimate of drug-likeness (QED) is 0.638. The Bertz CT molecular complexity index is 389. The molecule has 3 unspecified atom stereocenters. The average Bonchev–Trinajstić information content (AvgIpc) is 2.70. The summed E-state index contributed by atoms with van der Waals surface area (Å²) in [4.78, 5) is 0. The number of rotatable bonds is 3. The minimum atomic E-state index is 0.213. The van der Waals surface area contributed by atoms with E-state index in [4.69, 9.17) is 34.8 Å². The molecule has 17 heavy (non-hydrogen) atoms. The van der Waals surface area contributed by atoms with Crippen molar-refractivity contribution in [1.82, 2.24) is 0 Å². The normalized spacial score (nSPS) is 26.1. The smallest absolute Gasteiger partial charge is 0.0595 e. The van der Waals surface area contributed by atoms with Gasteiger partial charge in [-0.2, -0.15) is 0 Å². The van der Waals surface area contributed by atoms with Gasteiger partial charge in [-0.1, -0.05) is 49.0 Å². The van der Waals surface area contributed by atoms with Crippen molar-refractivity contribution in [3.63, 3.8) is 0 Å². The maximum atomic E-state index is 6.53. The van der Waals surface area contributed by atoms with Gasteiger partial charge in [0.2, 0.25) is 0 Å². The molecule has 2 rings (SSSR count). The van der Waals surface area contributed by atoms with Crippen LogP contribution < -0.4 is 0 Å². The molecule has 1 aromatic rings. The zero-order valence-electron chi connectivity index (χ0n) is 9.93. The minimum absolute atomic E-state index is 0.213. The Balaban J connectivity index is 2.02. The van der Waals surface area contributed by atoms with Crippen molar-refractivity contribution in [2.45, 2.75) is 38.0 Å². The highest BCUT2D eigenvalue weighted by Gasteiger charge is 2.29. The van der Waals surface area contributed by atoms with Crippen LogP contribution in [0, 0.1) is 11.8 Å². The van der Waals surface area contributed by atoms with Crippen LogP contribution in [0.5, 0.6) is 0 Å². The molecule has 0 heterocycles. The fourth-order valence-corrected chi connectivity index (χ4v) is 3.63. The van der Waals surface area contributed by atoms with E-state index in [0.29, 0.717) is 16.0 Å². The van der Waals surface area contributed by atoms with Gasteiger partial charge in [0.15, 0.2) is 0 Å². The molecule has 0 aromatic heterocycles. The van der Waals surface area contributed by atoms with Crippen molar-refractivity contribution >= 4 is 34.8 Å². The van der Waals surface area contributed by atoms with E-state index in [-0.39, 0.29) is 5.38 Å². The molecule has 1 aliphatic rings. The first-order valence-electron chi connectivity index (χ1n) is 6.16. The van der Waals surface area contributed by atoms with Crippen LogP contribution in [0.4, 0.5) is 0 Å². The summed E-state index contributed by atoms with van der Waals surface area (Å²) < 4.78 is 0. The monoisotopic (exact) mass is 290 g/mol. The topological polar surface area (TPSA) is 0 Å². The van der Waals surface area contributed by atoms with Crippen molar-refractivity contribution < 1.29 is 0 Å². The number of hydrogen-bond acceptors (Lipinski definition) is 0. The van der Waals surface area contributed by atoms with Gasteiger partial charge in [-0.15, -0.1) is 11.6 Å². The molecule has 0 bridgehead atoms. The molecule has 1 aliphatic carbocycles. The molecular formula is C14H17Cl3. The van der Waals surface area contributed by atoms with Crippen LogP contribution in [0.15, 0.2) is 18.2 Å². The van der Waals surface area contributed by atoms with Crippen LogP contribution in [0.1, 0.15) is 31.7 Å². The van der Waals surface area contributed by atoms with Crippen molar-refractivity contribution in [2.75, 3.05) is 0 Å². The standard InChI is InChI=1S/C14H17Cl3/c1-9-3-2-4-11(9)13(16)7-10-5-6-12(15)14(17)8-10/h5-6,8-9,11,13H,2-4,7H2,1H3. The van der Waals surface area contributed by atoms with Gasteiger partial charge in [-0.05, 0) is 42.4 Å². The Morgan fingerprint density at radius 3 is 2.59 bits per heavy atom. The lowest BCUT2D eigenvalue weighted by molar-refractivity contribution is 0.398. The Hall–Kier alpha value is 0.0900. The molecule has 0 amide bonds. The molecule has 3 atom stereocenters. The van der Waals surface area contributed by atoms with Gasteiger partial charge >= 0.3 is 0 Å². The second kappa shape index (κ2) is 5.82. The lowest BCUT2D eigenvalue weighted by atomic mass is 9.91. The predicted octanol–water partition coefficient (Wildman–Crippen LogP) is 5.58. The fraction of sp³-hybridized carbons (Fsp3) is 0.571. The van der Waals surface area contributed by atoms with Crippen LogP contribution in [-0.2, 0) is 6.42 Å². The Morgan fingerprint density at radius 1 is 1.24 bits per heavy atom. The number of hydrogen-bond donors (Lipinski definition) is 0. The van der Waals surface area contributed by atoms with Crippen LogP contribution in [0.25, 0.3) is 0 Å². The van der Waals surface area contributed by atoms with E-state index in [1.807, 2.05) is 18.2 Å². The summed E-state index contributed by atoms with van der Waals surface area (Å²) in [6.07, 6.45) is 4.77. The highest BCUT2D eigenvalue weighted by Crippen LogP contribution is 2.37. The van der Waals surface area contributed by atoms with E-state index in [1.165, 1.54) is 24.8 Å². The van der Waals surface area contributed by atoms with Gasteiger partial charge in [-0.25, -0.2) is 0 Å². The van der Waals surface area contributed by atoms with Gasteiger partial charge in [0.1, 0.15) is 0 Å². The van der Waals surface area contributed by atoms with Gasteiger partial charge in [0.25, 0.3) is 0 Å². The van der Waals surface area contributed by atoms with Crippen molar-refractivity contribution in [3.05, 3.63) is 33.8 Å². The van der Waals surface area contributed by atoms with E-state index >= 15 is 0 Å². The van der Waals surface area contributed by atoms with Gasteiger partial charge in [0, 0.05) is 5.38 Å². The molecule has 0 radical (unpaired) electrons. The lowest BCUT2D eigenvalue weighted by Gasteiger charge is -2.21. The van der Waals surface area contributed by atoms with Gasteiger partial charge in [0.05, 0.1) is 10.0 Å². The molecular weight excluding hydrogens is 275 g/mol. The fourth-order valence-electron chi connectivity index (χ4n) is 2.75. The van der Waals surface area contributed by atoms with Crippen molar-refractivity contribution in [3.8, 4) is 0 Å². The zero-order valence-corrected chi connectivity index (χ0v) is 12.2. The first-order chi connectivity index (χ1) is 8.08. The molecule has 0 N–H and O–H groups in total. The van der Waals surface area contributed by atoms with E-state index < -0.39 is 0 Å². The molecule has 3 heteroatoms. The summed E-state index contributed by atoms with van der Waals surface area (Å²) >= 11 is 18.4. The maximum absolute atomic E-state index is 6.53. The second-order valence-corrected chi connectivity index (χ2v) is 6.42. The summed E-state index contributed by atoms with van der Waals surface area (Å²) in [5, 5.41) is 1.44. The van der Waals surface area contributed by atoms with Crippen LogP contribution in [0.2, 0.25) is 10.0 Å². The number of alkyl halides is 1. The third-order valence-corrected chi connectivity index (χ3v) is 5.02. The van der Waals surface area contributed by atoms with E-state index in [9.17, 15) is 0 Å². The molecule has 0 nitrogen and oxygen atoms in total. The summed E-state index contributed by atoms with van der Waals surface area (Å²) in [6, 6.07) is 5.79. The largest absolute Gasteiger partial charge is 0.122 e. The van der Waals surface area contributed by atoms with Crippen molar-refractivity contribution in [2.24, 2.45) is 11.8 Å². The molecule has 1 aromatic carbocycles. The SMILES string of the molecule is CC1CCCC1C(Cl)Cc1ccc(Cl)c(Cl)c1. The average molecular weight is 292 g/mol. The van der Waals surface area contributed by atoms with Crippen molar-refractivity contribution in [1.29, 1.82) is 0 Å². The maximum Gasteiger partial charge on any atom is 0.0595 e. The molecule has 0 saturated heterocycles. The zero-order chi connectivity index (χ0) is 12.4.